The second-order valence-electron chi connectivity index (χ2n) is 6.57. The second kappa shape index (κ2) is 7.35. The molecule has 0 bridgehead atoms. The SMILES string of the molecule is CC(=O)C(CC(=O)c1ccccc1)C(C)(C)C(=O)c1ccccc1. The third kappa shape index (κ3) is 3.85. The predicted octanol–water partition coefficient (Wildman–Crippen LogP) is 4.37. The monoisotopic (exact) mass is 322 g/mol. The summed E-state index contributed by atoms with van der Waals surface area (Å²) in [6, 6.07) is 17.8. The number of benzene rings is 2. The quantitative estimate of drug-likeness (QED) is 0.711. The first-order valence-electron chi connectivity index (χ1n) is 8.02. The summed E-state index contributed by atoms with van der Waals surface area (Å²) < 4.78 is 0. The van der Waals surface area contributed by atoms with Crippen LogP contribution in [0.15, 0.2) is 60.7 Å². The first-order chi connectivity index (χ1) is 11.3. The Morgan fingerprint density at radius 2 is 1.29 bits per heavy atom. The molecule has 0 heterocycles. The zero-order chi connectivity index (χ0) is 17.7. The Morgan fingerprint density at radius 1 is 0.833 bits per heavy atom. The first-order valence-corrected chi connectivity index (χ1v) is 8.02. The lowest BCUT2D eigenvalue weighted by atomic mass is 9.69. The molecular formula is C21H22O3. The van der Waals surface area contributed by atoms with E-state index in [0.717, 1.165) is 0 Å². The Kier molecular flexibility index (Phi) is 5.45. The van der Waals surface area contributed by atoms with E-state index in [-0.39, 0.29) is 23.8 Å². The van der Waals surface area contributed by atoms with Gasteiger partial charge in [-0.1, -0.05) is 74.5 Å². The summed E-state index contributed by atoms with van der Waals surface area (Å²) in [6.45, 7) is 4.93. The summed E-state index contributed by atoms with van der Waals surface area (Å²) in [5.74, 6) is -1.04. The van der Waals surface area contributed by atoms with E-state index in [1.807, 2.05) is 12.1 Å². The van der Waals surface area contributed by atoms with Crippen molar-refractivity contribution >= 4 is 17.3 Å². The van der Waals surface area contributed by atoms with Crippen molar-refractivity contribution in [3.63, 3.8) is 0 Å². The van der Waals surface area contributed by atoms with Gasteiger partial charge in [0, 0.05) is 28.9 Å². The van der Waals surface area contributed by atoms with Gasteiger partial charge in [-0.2, -0.15) is 0 Å². The van der Waals surface area contributed by atoms with Gasteiger partial charge >= 0.3 is 0 Å². The van der Waals surface area contributed by atoms with E-state index in [1.165, 1.54) is 6.92 Å². The summed E-state index contributed by atoms with van der Waals surface area (Å²) in [5.41, 5.74) is 0.171. The Labute approximate surface area is 142 Å². The summed E-state index contributed by atoms with van der Waals surface area (Å²) in [4.78, 5) is 37.6. The Morgan fingerprint density at radius 3 is 1.75 bits per heavy atom. The van der Waals surface area contributed by atoms with E-state index in [9.17, 15) is 14.4 Å². The normalized spacial score (nSPS) is 12.5. The molecule has 0 aromatic heterocycles. The molecule has 3 nitrogen and oxygen atoms in total. The molecular weight excluding hydrogens is 300 g/mol. The maximum absolute atomic E-state index is 12.9. The molecule has 124 valence electrons. The molecule has 2 aromatic carbocycles. The van der Waals surface area contributed by atoms with E-state index in [2.05, 4.69) is 0 Å². The van der Waals surface area contributed by atoms with Gasteiger partial charge < -0.3 is 0 Å². The molecule has 1 atom stereocenters. The highest BCUT2D eigenvalue weighted by Gasteiger charge is 2.40. The van der Waals surface area contributed by atoms with E-state index in [4.69, 9.17) is 0 Å². The molecule has 0 fully saturated rings. The maximum atomic E-state index is 12.9. The molecule has 0 N–H and O–H groups in total. The molecule has 3 heteroatoms. The van der Waals surface area contributed by atoms with Crippen molar-refractivity contribution in [3.8, 4) is 0 Å². The number of rotatable bonds is 7. The van der Waals surface area contributed by atoms with Crippen LogP contribution in [0.2, 0.25) is 0 Å². The van der Waals surface area contributed by atoms with Crippen LogP contribution in [-0.4, -0.2) is 17.3 Å². The van der Waals surface area contributed by atoms with Gasteiger partial charge in [-0.05, 0) is 6.92 Å². The van der Waals surface area contributed by atoms with Gasteiger partial charge in [0.15, 0.2) is 11.6 Å². The molecule has 1 unspecified atom stereocenters. The van der Waals surface area contributed by atoms with Crippen molar-refractivity contribution in [2.45, 2.75) is 27.2 Å². The van der Waals surface area contributed by atoms with Crippen LogP contribution in [0.1, 0.15) is 47.9 Å². The first kappa shape index (κ1) is 17.8. The van der Waals surface area contributed by atoms with Crippen LogP contribution in [0.5, 0.6) is 0 Å². The highest BCUT2D eigenvalue weighted by Crippen LogP contribution is 2.35. The highest BCUT2D eigenvalue weighted by atomic mass is 16.1. The topological polar surface area (TPSA) is 51.2 Å². The van der Waals surface area contributed by atoms with Gasteiger partial charge in [0.25, 0.3) is 0 Å². The molecule has 0 aliphatic carbocycles. The van der Waals surface area contributed by atoms with Crippen molar-refractivity contribution in [2.24, 2.45) is 11.3 Å². The molecule has 0 aliphatic heterocycles. The predicted molar refractivity (Wildman–Crippen MR) is 94.1 cm³/mol. The van der Waals surface area contributed by atoms with Crippen LogP contribution < -0.4 is 0 Å². The lowest BCUT2D eigenvalue weighted by Gasteiger charge is -2.31. The van der Waals surface area contributed by atoms with Gasteiger partial charge in [0.1, 0.15) is 5.78 Å². The fourth-order valence-corrected chi connectivity index (χ4v) is 2.95. The maximum Gasteiger partial charge on any atom is 0.169 e. The van der Waals surface area contributed by atoms with Gasteiger partial charge in [0.05, 0.1) is 0 Å². The molecule has 0 aliphatic rings. The average molecular weight is 322 g/mol. The third-order valence-electron chi connectivity index (χ3n) is 4.47. The highest BCUT2D eigenvalue weighted by molar-refractivity contribution is 6.05. The number of ketones is 3. The zero-order valence-corrected chi connectivity index (χ0v) is 14.3. The second-order valence-corrected chi connectivity index (χ2v) is 6.57. The molecule has 24 heavy (non-hydrogen) atoms. The average Bonchev–Trinajstić information content (AvgIpc) is 2.59. The van der Waals surface area contributed by atoms with Crippen LogP contribution >= 0.6 is 0 Å². The van der Waals surface area contributed by atoms with E-state index in [1.54, 1.807) is 62.4 Å². The fraction of sp³-hybridized carbons (Fsp3) is 0.286. The standard InChI is InChI=1S/C21H22O3/c1-15(22)18(14-19(23)16-10-6-4-7-11-16)21(2,3)20(24)17-12-8-5-9-13-17/h4-13,18H,14H2,1-3H3. The largest absolute Gasteiger partial charge is 0.300 e. The summed E-state index contributed by atoms with van der Waals surface area (Å²) >= 11 is 0. The summed E-state index contributed by atoms with van der Waals surface area (Å²) in [5, 5.41) is 0. The lowest BCUT2D eigenvalue weighted by molar-refractivity contribution is -0.123. The van der Waals surface area contributed by atoms with Crippen LogP contribution in [0.4, 0.5) is 0 Å². The number of Topliss-reactive ketones (excluding diaryl/α,β-unsaturated/α-hetero) is 3. The van der Waals surface area contributed by atoms with Gasteiger partial charge in [-0.15, -0.1) is 0 Å². The van der Waals surface area contributed by atoms with Crippen molar-refractivity contribution in [1.82, 2.24) is 0 Å². The molecule has 0 saturated heterocycles. The van der Waals surface area contributed by atoms with E-state index >= 15 is 0 Å². The summed E-state index contributed by atoms with van der Waals surface area (Å²) in [6.07, 6.45) is 0.0327. The number of carbonyl (C=O) groups excluding carboxylic acids is 3. The van der Waals surface area contributed by atoms with Crippen LogP contribution in [0.3, 0.4) is 0 Å². The fourth-order valence-electron chi connectivity index (χ4n) is 2.95. The smallest absolute Gasteiger partial charge is 0.169 e. The van der Waals surface area contributed by atoms with Gasteiger partial charge in [-0.3, -0.25) is 14.4 Å². The van der Waals surface area contributed by atoms with E-state index in [0.29, 0.717) is 11.1 Å². The molecule has 2 aromatic rings. The van der Waals surface area contributed by atoms with Crippen molar-refractivity contribution in [2.75, 3.05) is 0 Å². The lowest BCUT2D eigenvalue weighted by Crippen LogP contribution is -2.38. The Bertz CT molecular complexity index is 730. The van der Waals surface area contributed by atoms with Gasteiger partial charge in [-0.25, -0.2) is 0 Å². The molecule has 0 amide bonds. The van der Waals surface area contributed by atoms with Gasteiger partial charge in [0.2, 0.25) is 0 Å². The molecule has 2 rings (SSSR count). The zero-order valence-electron chi connectivity index (χ0n) is 14.3. The molecule has 0 spiro atoms. The van der Waals surface area contributed by atoms with Crippen LogP contribution in [0, 0.1) is 11.3 Å². The van der Waals surface area contributed by atoms with Crippen LogP contribution in [0.25, 0.3) is 0 Å². The van der Waals surface area contributed by atoms with E-state index < -0.39 is 11.3 Å². The third-order valence-corrected chi connectivity index (χ3v) is 4.47. The van der Waals surface area contributed by atoms with Crippen molar-refractivity contribution < 1.29 is 14.4 Å². The molecule has 0 saturated carbocycles. The van der Waals surface area contributed by atoms with Crippen LogP contribution in [-0.2, 0) is 4.79 Å². The van der Waals surface area contributed by atoms with Crippen molar-refractivity contribution in [3.05, 3.63) is 71.8 Å². The summed E-state index contributed by atoms with van der Waals surface area (Å²) in [7, 11) is 0. The number of hydrogen-bond donors (Lipinski definition) is 0. The Balaban J connectivity index is 2.27. The number of carbonyl (C=O) groups is 3. The number of hydrogen-bond acceptors (Lipinski definition) is 3. The molecule has 0 radical (unpaired) electrons. The minimum atomic E-state index is -0.947. The van der Waals surface area contributed by atoms with Crippen molar-refractivity contribution in [1.29, 1.82) is 0 Å². The Hall–Kier alpha value is -2.55. The minimum absolute atomic E-state index is 0.0327. The minimum Gasteiger partial charge on any atom is -0.300 e.